The van der Waals surface area contributed by atoms with Crippen LogP contribution in [0.1, 0.15) is 45.0 Å². The number of para-hydroxylation sites is 1. The van der Waals surface area contributed by atoms with Crippen LogP contribution in [0.3, 0.4) is 0 Å². The summed E-state index contributed by atoms with van der Waals surface area (Å²) in [7, 11) is -0.889. The van der Waals surface area contributed by atoms with Crippen LogP contribution in [0.2, 0.25) is 0 Å². The quantitative estimate of drug-likeness (QED) is 0.543. The first-order chi connectivity index (χ1) is 15.7. The topological polar surface area (TPSA) is 133 Å². The second-order valence-corrected chi connectivity index (χ2v) is 11.4. The molecular weight excluding hydrogens is 458 g/mol. The third-order valence-corrected chi connectivity index (χ3v) is 6.49. The standard InChI is InChI=1S/C23H33N5O5S/c1-13(2)14-11-17(33-12-14)19(23(3,4)5)25-21-20(26-34(31,32)27-21)24-16-10-8-9-15(18(16)29)22(30)28(6)7/h8-11,13-14,19,29H,12H2,1-7H3,(H,24,26)(H,25,27)/t14?,19-/m0/s1. The lowest BCUT2D eigenvalue weighted by atomic mass is 9.85. The number of amides is 1. The number of phenolic OH excluding ortho intramolecular Hbond substituents is 1. The minimum absolute atomic E-state index is 0.00108. The monoisotopic (exact) mass is 491 g/mol. The molecule has 0 spiro atoms. The molecule has 2 atom stereocenters. The fourth-order valence-electron chi connectivity index (χ4n) is 3.58. The number of aromatic hydroxyl groups is 1. The Bertz CT molecular complexity index is 1160. The van der Waals surface area contributed by atoms with Crippen LogP contribution in [0.15, 0.2) is 39.4 Å². The van der Waals surface area contributed by atoms with Crippen LogP contribution in [0.5, 0.6) is 5.75 Å². The molecule has 2 aliphatic rings. The van der Waals surface area contributed by atoms with Crippen LogP contribution >= 0.6 is 0 Å². The molecule has 1 unspecified atom stereocenters. The van der Waals surface area contributed by atoms with Crippen molar-refractivity contribution in [1.82, 2.24) is 9.62 Å². The van der Waals surface area contributed by atoms with Gasteiger partial charge < -0.3 is 20.1 Å². The van der Waals surface area contributed by atoms with Gasteiger partial charge >= 0.3 is 10.2 Å². The van der Waals surface area contributed by atoms with E-state index in [0.29, 0.717) is 18.3 Å². The summed E-state index contributed by atoms with van der Waals surface area (Å²) in [5.41, 5.74) is -0.189. The third-order valence-electron chi connectivity index (χ3n) is 5.61. The van der Waals surface area contributed by atoms with Gasteiger partial charge in [-0.05, 0) is 29.5 Å². The highest BCUT2D eigenvalue weighted by Crippen LogP contribution is 2.35. The van der Waals surface area contributed by atoms with Gasteiger partial charge in [-0.1, -0.05) is 40.7 Å². The summed E-state index contributed by atoms with van der Waals surface area (Å²) in [5.74, 6) is 0.536. The van der Waals surface area contributed by atoms with E-state index in [4.69, 9.17) is 9.73 Å². The van der Waals surface area contributed by atoms with Crippen LogP contribution in [0.25, 0.3) is 0 Å². The first-order valence-electron chi connectivity index (χ1n) is 11.1. The van der Waals surface area contributed by atoms with Crippen LogP contribution in [0, 0.1) is 17.3 Å². The largest absolute Gasteiger partial charge is 0.505 e. The maximum atomic E-state index is 12.4. The highest BCUT2D eigenvalue weighted by molar-refractivity contribution is 7.89. The Morgan fingerprint density at radius 3 is 2.56 bits per heavy atom. The van der Waals surface area contributed by atoms with E-state index in [-0.39, 0.29) is 40.0 Å². The van der Waals surface area contributed by atoms with E-state index < -0.39 is 22.2 Å². The molecule has 2 heterocycles. The Morgan fingerprint density at radius 2 is 2.00 bits per heavy atom. The molecule has 3 N–H and O–H groups in total. The van der Waals surface area contributed by atoms with Gasteiger partial charge in [-0.2, -0.15) is 8.42 Å². The summed E-state index contributed by atoms with van der Waals surface area (Å²) < 4.78 is 36.6. The zero-order valence-corrected chi connectivity index (χ0v) is 21.4. The lowest BCUT2D eigenvalue weighted by Gasteiger charge is -2.28. The Hall–Kier alpha value is -3.08. The summed E-state index contributed by atoms with van der Waals surface area (Å²) in [6.45, 7) is 10.8. The molecule has 0 radical (unpaired) electrons. The van der Waals surface area contributed by atoms with E-state index >= 15 is 0 Å². The highest BCUT2D eigenvalue weighted by Gasteiger charge is 2.36. The number of nitrogens with one attached hydrogen (secondary N) is 2. The van der Waals surface area contributed by atoms with Crippen LogP contribution < -0.4 is 10.0 Å². The fraction of sp³-hybridized carbons (Fsp3) is 0.522. The Kier molecular flexibility index (Phi) is 6.97. The number of aliphatic imine (C=N–C) groups is 1. The first kappa shape index (κ1) is 25.5. The molecule has 0 saturated carbocycles. The summed E-state index contributed by atoms with van der Waals surface area (Å²) >= 11 is 0. The average molecular weight is 492 g/mol. The number of anilines is 1. The van der Waals surface area contributed by atoms with E-state index in [9.17, 15) is 18.3 Å². The van der Waals surface area contributed by atoms with E-state index in [1.165, 1.54) is 17.0 Å². The van der Waals surface area contributed by atoms with Crippen LogP contribution in [0.4, 0.5) is 5.69 Å². The highest BCUT2D eigenvalue weighted by atomic mass is 32.2. The Labute approximate surface area is 201 Å². The van der Waals surface area contributed by atoms with E-state index in [1.54, 1.807) is 20.2 Å². The number of rotatable bonds is 5. The minimum Gasteiger partial charge on any atom is -0.505 e. The van der Waals surface area contributed by atoms with Crippen molar-refractivity contribution < 1.29 is 23.1 Å². The maximum Gasteiger partial charge on any atom is 0.345 e. The number of amidine groups is 2. The van der Waals surface area contributed by atoms with Gasteiger partial charge in [-0.25, -0.2) is 4.72 Å². The molecule has 0 saturated heterocycles. The molecular formula is C23H33N5O5S. The zero-order valence-electron chi connectivity index (χ0n) is 20.6. The summed E-state index contributed by atoms with van der Waals surface area (Å²) in [5, 5.41) is 13.5. The van der Waals surface area contributed by atoms with E-state index in [1.807, 2.05) is 20.8 Å². The van der Waals surface area contributed by atoms with Crippen molar-refractivity contribution in [1.29, 1.82) is 0 Å². The van der Waals surface area contributed by atoms with E-state index in [0.717, 1.165) is 0 Å². The maximum absolute atomic E-state index is 12.4. The van der Waals surface area contributed by atoms with Gasteiger partial charge in [0.2, 0.25) is 0 Å². The molecule has 0 aliphatic carbocycles. The summed E-state index contributed by atoms with van der Waals surface area (Å²) in [6, 6.07) is 4.10. The van der Waals surface area contributed by atoms with Crippen molar-refractivity contribution in [3.8, 4) is 5.75 Å². The van der Waals surface area contributed by atoms with Gasteiger partial charge in [-0.15, -0.1) is 4.40 Å². The SMILES string of the molecule is CC(C)C1C=C([C@H](N=C2NS(=O)(=O)N=C2Nc2cccc(C(=O)N(C)C)c2O)C(C)(C)C)OC1. The third kappa shape index (κ3) is 5.52. The number of nitrogens with zero attached hydrogens (tertiary/aromatic N) is 3. The number of benzene rings is 1. The summed E-state index contributed by atoms with van der Waals surface area (Å²) in [6.07, 6.45) is 2.06. The van der Waals surface area contributed by atoms with Gasteiger partial charge in [0.15, 0.2) is 17.4 Å². The molecule has 0 fully saturated rings. The molecule has 186 valence electrons. The van der Waals surface area contributed by atoms with Crippen molar-refractivity contribution in [3.05, 3.63) is 35.6 Å². The second kappa shape index (κ2) is 9.28. The number of ether oxygens (including phenoxy) is 1. The lowest BCUT2D eigenvalue weighted by Crippen LogP contribution is -2.36. The number of carbonyl (C=O) groups excluding carboxylic acids is 1. The minimum atomic E-state index is -4.03. The second-order valence-electron chi connectivity index (χ2n) is 10.1. The molecule has 1 amide bonds. The van der Waals surface area contributed by atoms with Crippen molar-refractivity contribution in [2.24, 2.45) is 26.6 Å². The predicted molar refractivity (Wildman–Crippen MR) is 132 cm³/mol. The lowest BCUT2D eigenvalue weighted by molar-refractivity contribution is 0.0824. The average Bonchev–Trinajstić information content (AvgIpc) is 3.30. The molecule has 34 heavy (non-hydrogen) atoms. The van der Waals surface area contributed by atoms with Crippen molar-refractivity contribution in [3.63, 3.8) is 0 Å². The van der Waals surface area contributed by atoms with Gasteiger partial charge in [0.1, 0.15) is 11.8 Å². The molecule has 0 bridgehead atoms. The Balaban J connectivity index is 1.99. The normalized spacial score (nSPS) is 21.5. The molecule has 3 rings (SSSR count). The van der Waals surface area contributed by atoms with Gasteiger partial charge in [0.05, 0.1) is 17.9 Å². The zero-order chi connectivity index (χ0) is 25.4. The van der Waals surface area contributed by atoms with Crippen LogP contribution in [-0.4, -0.2) is 62.7 Å². The number of hydrogen-bond donors (Lipinski definition) is 3. The van der Waals surface area contributed by atoms with Gasteiger partial charge in [-0.3, -0.25) is 9.79 Å². The smallest absolute Gasteiger partial charge is 0.345 e. The molecule has 10 nitrogen and oxygen atoms in total. The van der Waals surface area contributed by atoms with Gasteiger partial charge in [0.25, 0.3) is 5.91 Å². The molecule has 2 aliphatic heterocycles. The fourth-order valence-corrected chi connectivity index (χ4v) is 4.39. The van der Waals surface area contributed by atoms with E-state index in [2.05, 4.69) is 34.4 Å². The summed E-state index contributed by atoms with van der Waals surface area (Å²) in [4.78, 5) is 18.4. The van der Waals surface area contributed by atoms with Crippen LogP contribution in [-0.2, 0) is 14.9 Å². The molecule has 11 heteroatoms. The van der Waals surface area contributed by atoms with Gasteiger partial charge in [0, 0.05) is 20.0 Å². The molecule has 1 aromatic carbocycles. The first-order valence-corrected chi connectivity index (χ1v) is 12.5. The number of hydrogen-bond acceptors (Lipinski definition) is 7. The van der Waals surface area contributed by atoms with Crippen molar-refractivity contribution in [2.75, 3.05) is 26.0 Å². The van der Waals surface area contributed by atoms with Crippen molar-refractivity contribution >= 4 is 33.5 Å². The number of carbonyl (C=O) groups is 1. The molecule has 0 aromatic heterocycles. The predicted octanol–water partition coefficient (Wildman–Crippen LogP) is 2.75. The van der Waals surface area contributed by atoms with Crippen molar-refractivity contribution in [2.45, 2.75) is 40.7 Å². The Morgan fingerprint density at radius 1 is 1.32 bits per heavy atom. The molecule has 1 aromatic rings. The number of phenols is 1.